The third-order valence-corrected chi connectivity index (χ3v) is 4.93. The highest BCUT2D eigenvalue weighted by Gasteiger charge is 2.26. The highest BCUT2D eigenvalue weighted by Crippen LogP contribution is 2.14. The van der Waals surface area contributed by atoms with Gasteiger partial charge in [0.2, 0.25) is 11.8 Å². The number of benzene rings is 2. The molecule has 4 heteroatoms. The van der Waals surface area contributed by atoms with Crippen molar-refractivity contribution in [3.05, 3.63) is 70.8 Å². The molecule has 1 atom stereocenters. The molecular weight excluding hydrogens is 348 g/mol. The van der Waals surface area contributed by atoms with Crippen LogP contribution in [0.5, 0.6) is 0 Å². The number of amides is 2. The van der Waals surface area contributed by atoms with Crippen LogP contribution < -0.4 is 5.32 Å². The molecule has 0 saturated heterocycles. The van der Waals surface area contributed by atoms with Crippen LogP contribution in [0.3, 0.4) is 0 Å². The Morgan fingerprint density at radius 3 is 2.32 bits per heavy atom. The number of rotatable bonds is 8. The van der Waals surface area contributed by atoms with Crippen molar-refractivity contribution < 1.29 is 9.59 Å². The van der Waals surface area contributed by atoms with Crippen LogP contribution in [-0.4, -0.2) is 35.3 Å². The minimum atomic E-state index is -0.510. The first-order valence-electron chi connectivity index (χ1n) is 9.98. The summed E-state index contributed by atoms with van der Waals surface area (Å²) in [6.45, 7) is 10.2. The van der Waals surface area contributed by atoms with Gasteiger partial charge in [-0.1, -0.05) is 54.1 Å². The van der Waals surface area contributed by atoms with E-state index in [4.69, 9.17) is 0 Å². The summed E-state index contributed by atoms with van der Waals surface area (Å²) in [6, 6.07) is 15.7. The fraction of sp³-hybridized carbons (Fsp3) is 0.417. The molecule has 0 radical (unpaired) electrons. The summed E-state index contributed by atoms with van der Waals surface area (Å²) in [5.74, 6) is -0.131. The van der Waals surface area contributed by atoms with Crippen molar-refractivity contribution in [2.24, 2.45) is 0 Å². The Hall–Kier alpha value is -2.62. The molecule has 4 nitrogen and oxygen atoms in total. The third-order valence-electron chi connectivity index (χ3n) is 4.93. The van der Waals surface area contributed by atoms with Crippen molar-refractivity contribution in [3.8, 4) is 0 Å². The van der Waals surface area contributed by atoms with Gasteiger partial charge in [-0.15, -0.1) is 0 Å². The molecule has 2 aromatic rings. The standard InChI is InChI=1S/C24H32N2O2/c1-17(2)25-24(28)20(5)26(14-13-21-9-7-6-8-10-21)23(27)16-22-15-18(3)11-12-19(22)4/h6-12,15,17,20H,13-14,16H2,1-5H3,(H,25,28). The summed E-state index contributed by atoms with van der Waals surface area (Å²) in [6.07, 6.45) is 1.03. The number of aryl methyl sites for hydroxylation is 2. The zero-order chi connectivity index (χ0) is 20.7. The van der Waals surface area contributed by atoms with Crippen molar-refractivity contribution in [1.29, 1.82) is 0 Å². The summed E-state index contributed by atoms with van der Waals surface area (Å²) < 4.78 is 0. The lowest BCUT2D eigenvalue weighted by atomic mass is 10.0. The molecular formula is C24H32N2O2. The first kappa shape index (κ1) is 21.7. The third kappa shape index (κ3) is 6.22. The number of hydrogen-bond acceptors (Lipinski definition) is 2. The van der Waals surface area contributed by atoms with Crippen LogP contribution in [0, 0.1) is 13.8 Å². The molecule has 0 saturated carbocycles. The Kier molecular flexibility index (Phi) is 7.80. The molecule has 0 fully saturated rings. The summed E-state index contributed by atoms with van der Waals surface area (Å²) >= 11 is 0. The highest BCUT2D eigenvalue weighted by molar-refractivity contribution is 5.88. The molecule has 28 heavy (non-hydrogen) atoms. The Morgan fingerprint density at radius 1 is 1.00 bits per heavy atom. The van der Waals surface area contributed by atoms with Crippen LogP contribution in [0.1, 0.15) is 43.0 Å². The van der Waals surface area contributed by atoms with Gasteiger partial charge in [0.25, 0.3) is 0 Å². The second-order valence-corrected chi connectivity index (χ2v) is 7.77. The van der Waals surface area contributed by atoms with E-state index in [-0.39, 0.29) is 17.9 Å². The van der Waals surface area contributed by atoms with E-state index in [1.807, 2.05) is 71.0 Å². The Bertz CT molecular complexity index is 800. The summed E-state index contributed by atoms with van der Waals surface area (Å²) in [7, 11) is 0. The minimum Gasteiger partial charge on any atom is -0.352 e. The first-order chi connectivity index (χ1) is 13.3. The molecule has 0 bridgehead atoms. The topological polar surface area (TPSA) is 49.4 Å². The quantitative estimate of drug-likeness (QED) is 0.757. The lowest BCUT2D eigenvalue weighted by Gasteiger charge is -2.29. The lowest BCUT2D eigenvalue weighted by Crippen LogP contribution is -2.50. The second kappa shape index (κ2) is 10.1. The summed E-state index contributed by atoms with van der Waals surface area (Å²) in [4.78, 5) is 27.5. The zero-order valence-electron chi connectivity index (χ0n) is 17.7. The molecule has 0 spiro atoms. The fourth-order valence-electron chi connectivity index (χ4n) is 3.23. The molecule has 0 heterocycles. The van der Waals surface area contributed by atoms with Crippen LogP contribution in [0.15, 0.2) is 48.5 Å². The SMILES string of the molecule is Cc1ccc(C)c(CC(=O)N(CCc2ccccc2)C(C)C(=O)NC(C)C)c1. The fourth-order valence-corrected chi connectivity index (χ4v) is 3.23. The van der Waals surface area contributed by atoms with E-state index in [0.717, 1.165) is 28.7 Å². The highest BCUT2D eigenvalue weighted by atomic mass is 16.2. The van der Waals surface area contributed by atoms with Crippen molar-refractivity contribution in [3.63, 3.8) is 0 Å². The smallest absolute Gasteiger partial charge is 0.242 e. The van der Waals surface area contributed by atoms with Crippen molar-refractivity contribution in [2.45, 2.75) is 59.5 Å². The normalized spacial score (nSPS) is 11.9. The Labute approximate surface area is 169 Å². The monoisotopic (exact) mass is 380 g/mol. The molecule has 150 valence electrons. The van der Waals surface area contributed by atoms with Crippen LogP contribution >= 0.6 is 0 Å². The van der Waals surface area contributed by atoms with Gasteiger partial charge in [-0.05, 0) is 57.7 Å². The Morgan fingerprint density at radius 2 is 1.68 bits per heavy atom. The van der Waals surface area contributed by atoms with E-state index in [1.165, 1.54) is 0 Å². The lowest BCUT2D eigenvalue weighted by molar-refractivity contribution is -0.139. The van der Waals surface area contributed by atoms with E-state index in [2.05, 4.69) is 17.4 Å². The molecule has 0 aliphatic carbocycles. The number of nitrogens with zero attached hydrogens (tertiary/aromatic N) is 1. The van der Waals surface area contributed by atoms with E-state index in [1.54, 1.807) is 4.90 Å². The van der Waals surface area contributed by atoms with E-state index in [0.29, 0.717) is 13.0 Å². The summed E-state index contributed by atoms with van der Waals surface area (Å²) in [5.41, 5.74) is 4.41. The maximum Gasteiger partial charge on any atom is 0.242 e. The average molecular weight is 381 g/mol. The van der Waals surface area contributed by atoms with Crippen LogP contribution in [-0.2, 0) is 22.4 Å². The number of carbonyl (C=O) groups excluding carboxylic acids is 2. The van der Waals surface area contributed by atoms with Gasteiger partial charge in [-0.3, -0.25) is 9.59 Å². The van der Waals surface area contributed by atoms with Crippen molar-refractivity contribution >= 4 is 11.8 Å². The molecule has 0 aliphatic heterocycles. The van der Waals surface area contributed by atoms with Crippen molar-refractivity contribution in [2.75, 3.05) is 6.54 Å². The molecule has 1 unspecified atom stereocenters. The number of hydrogen-bond donors (Lipinski definition) is 1. The summed E-state index contributed by atoms with van der Waals surface area (Å²) in [5, 5.41) is 2.93. The van der Waals surface area contributed by atoms with Gasteiger partial charge in [0.15, 0.2) is 0 Å². The van der Waals surface area contributed by atoms with Crippen LogP contribution in [0.2, 0.25) is 0 Å². The van der Waals surface area contributed by atoms with Gasteiger partial charge in [0.05, 0.1) is 6.42 Å². The zero-order valence-corrected chi connectivity index (χ0v) is 17.7. The van der Waals surface area contributed by atoms with Crippen LogP contribution in [0.4, 0.5) is 0 Å². The number of nitrogens with one attached hydrogen (secondary N) is 1. The van der Waals surface area contributed by atoms with Gasteiger partial charge in [-0.25, -0.2) is 0 Å². The number of carbonyl (C=O) groups is 2. The molecule has 0 aromatic heterocycles. The van der Waals surface area contributed by atoms with Gasteiger partial charge in [0.1, 0.15) is 6.04 Å². The largest absolute Gasteiger partial charge is 0.352 e. The van der Waals surface area contributed by atoms with Gasteiger partial charge in [-0.2, -0.15) is 0 Å². The van der Waals surface area contributed by atoms with E-state index < -0.39 is 6.04 Å². The van der Waals surface area contributed by atoms with Crippen LogP contribution in [0.25, 0.3) is 0 Å². The van der Waals surface area contributed by atoms with E-state index in [9.17, 15) is 9.59 Å². The van der Waals surface area contributed by atoms with Gasteiger partial charge in [0, 0.05) is 12.6 Å². The maximum atomic E-state index is 13.2. The van der Waals surface area contributed by atoms with E-state index >= 15 is 0 Å². The minimum absolute atomic E-state index is 0.0176. The second-order valence-electron chi connectivity index (χ2n) is 7.77. The average Bonchev–Trinajstić information content (AvgIpc) is 2.65. The molecule has 1 N–H and O–H groups in total. The molecule has 2 amide bonds. The van der Waals surface area contributed by atoms with Gasteiger partial charge < -0.3 is 10.2 Å². The molecule has 2 rings (SSSR count). The van der Waals surface area contributed by atoms with Gasteiger partial charge >= 0.3 is 0 Å². The maximum absolute atomic E-state index is 13.2. The first-order valence-corrected chi connectivity index (χ1v) is 9.98. The predicted octanol–water partition coefficient (Wildman–Crippen LogP) is 3.83. The van der Waals surface area contributed by atoms with Crippen molar-refractivity contribution in [1.82, 2.24) is 10.2 Å². The Balaban J connectivity index is 2.18. The predicted molar refractivity (Wildman–Crippen MR) is 114 cm³/mol. The molecule has 2 aromatic carbocycles. The molecule has 0 aliphatic rings.